The number of halogens is 1. The highest BCUT2D eigenvalue weighted by Crippen LogP contribution is 2.21. The van der Waals surface area contributed by atoms with Crippen molar-refractivity contribution in [3.05, 3.63) is 47.0 Å². The summed E-state index contributed by atoms with van der Waals surface area (Å²) in [4.78, 5) is 4.43. The van der Waals surface area contributed by atoms with Crippen molar-refractivity contribution in [1.82, 2.24) is 9.55 Å². The lowest BCUT2D eigenvalue weighted by atomic mass is 10.1. The van der Waals surface area contributed by atoms with Gasteiger partial charge in [0.1, 0.15) is 4.99 Å². The highest BCUT2D eigenvalue weighted by Gasteiger charge is 2.05. The molecule has 1 heterocycles. The van der Waals surface area contributed by atoms with Crippen LogP contribution in [-0.2, 0) is 6.54 Å². The topological polar surface area (TPSA) is 55.9 Å². The van der Waals surface area contributed by atoms with Crippen LogP contribution in [0, 0.1) is 0 Å². The molecule has 0 saturated heterocycles. The van der Waals surface area contributed by atoms with Gasteiger partial charge in [0.05, 0.1) is 6.33 Å². The van der Waals surface area contributed by atoms with E-state index in [1.54, 1.807) is 6.20 Å². The fourth-order valence-corrected chi connectivity index (χ4v) is 2.47. The summed E-state index contributed by atoms with van der Waals surface area (Å²) >= 11 is 8.50. The first kappa shape index (κ1) is 15.0. The summed E-state index contributed by atoms with van der Waals surface area (Å²) in [6.45, 7) is 1.89. The second kappa shape index (κ2) is 7.40. The molecule has 0 radical (unpaired) electrons. The van der Waals surface area contributed by atoms with Gasteiger partial charge in [-0.1, -0.05) is 28.1 Å². The van der Waals surface area contributed by atoms with Crippen LogP contribution in [-0.4, -0.2) is 21.1 Å². The molecule has 2 aromatic rings. The molecule has 0 saturated carbocycles. The van der Waals surface area contributed by atoms with Gasteiger partial charge in [-0.25, -0.2) is 4.98 Å². The maximum atomic E-state index is 5.74. The molecule has 0 bridgehead atoms. The minimum atomic E-state index is 0.409. The second-order valence-electron chi connectivity index (χ2n) is 4.49. The van der Waals surface area contributed by atoms with Gasteiger partial charge in [0.25, 0.3) is 0 Å². The molecular weight excluding hydrogens is 336 g/mol. The lowest BCUT2D eigenvalue weighted by Crippen LogP contribution is -2.14. The highest BCUT2D eigenvalue weighted by atomic mass is 79.9. The third kappa shape index (κ3) is 4.31. The monoisotopic (exact) mass is 352 g/mol. The Balaban J connectivity index is 1.80. The van der Waals surface area contributed by atoms with E-state index in [-0.39, 0.29) is 0 Å². The Hall–Kier alpha value is -1.40. The molecule has 20 heavy (non-hydrogen) atoms. The Morgan fingerprint density at radius 1 is 1.40 bits per heavy atom. The summed E-state index contributed by atoms with van der Waals surface area (Å²) in [5.41, 5.74) is 7.61. The highest BCUT2D eigenvalue weighted by molar-refractivity contribution is 9.10. The van der Waals surface area contributed by atoms with Gasteiger partial charge in [0.15, 0.2) is 0 Å². The molecule has 0 spiro atoms. The number of rotatable bonds is 7. The molecule has 4 nitrogen and oxygen atoms in total. The Labute approximate surface area is 132 Å². The quantitative estimate of drug-likeness (QED) is 0.593. The minimum Gasteiger partial charge on any atom is -0.389 e. The smallest absolute Gasteiger partial charge is 0.106 e. The van der Waals surface area contributed by atoms with E-state index < -0.39 is 0 Å². The Bertz CT molecular complexity index is 569. The van der Waals surface area contributed by atoms with Crippen molar-refractivity contribution in [1.29, 1.82) is 0 Å². The van der Waals surface area contributed by atoms with Crippen molar-refractivity contribution in [2.24, 2.45) is 5.73 Å². The van der Waals surface area contributed by atoms with E-state index in [1.165, 1.54) is 0 Å². The summed E-state index contributed by atoms with van der Waals surface area (Å²) < 4.78 is 3.06. The van der Waals surface area contributed by atoms with E-state index in [9.17, 15) is 0 Å². The average Bonchev–Trinajstić information content (AvgIpc) is 2.92. The average molecular weight is 353 g/mol. The SMILES string of the molecule is NC(=S)c1cc(Br)ccc1NCCCCn1ccnc1. The molecule has 2 rings (SSSR count). The first-order chi connectivity index (χ1) is 9.66. The molecule has 1 aromatic heterocycles. The van der Waals surface area contributed by atoms with Gasteiger partial charge < -0.3 is 15.6 Å². The maximum Gasteiger partial charge on any atom is 0.106 e. The summed E-state index contributed by atoms with van der Waals surface area (Å²) in [7, 11) is 0. The van der Waals surface area contributed by atoms with Gasteiger partial charge in [-0.15, -0.1) is 0 Å². The van der Waals surface area contributed by atoms with Crippen LogP contribution in [0.5, 0.6) is 0 Å². The molecule has 0 amide bonds. The second-order valence-corrected chi connectivity index (χ2v) is 5.84. The Morgan fingerprint density at radius 2 is 2.25 bits per heavy atom. The third-order valence-corrected chi connectivity index (χ3v) is 3.68. The molecule has 0 aliphatic heterocycles. The Kier molecular flexibility index (Phi) is 5.55. The lowest BCUT2D eigenvalue weighted by molar-refractivity contribution is 0.621. The number of aromatic nitrogens is 2. The summed E-state index contributed by atoms with van der Waals surface area (Å²) in [6, 6.07) is 5.92. The first-order valence-electron chi connectivity index (χ1n) is 6.46. The zero-order valence-corrected chi connectivity index (χ0v) is 13.5. The number of anilines is 1. The Morgan fingerprint density at radius 3 is 2.95 bits per heavy atom. The van der Waals surface area contributed by atoms with Crippen LogP contribution in [0.2, 0.25) is 0 Å². The van der Waals surface area contributed by atoms with Gasteiger partial charge in [-0.05, 0) is 31.0 Å². The molecule has 0 unspecified atom stereocenters. The lowest BCUT2D eigenvalue weighted by Gasteiger charge is -2.11. The normalized spacial score (nSPS) is 10.4. The summed E-state index contributed by atoms with van der Waals surface area (Å²) in [5, 5.41) is 3.39. The third-order valence-electron chi connectivity index (χ3n) is 2.96. The van der Waals surface area contributed by atoms with E-state index in [2.05, 4.69) is 30.8 Å². The number of hydrogen-bond donors (Lipinski definition) is 2. The van der Waals surface area contributed by atoms with Crippen molar-refractivity contribution in [3.8, 4) is 0 Å². The van der Waals surface area contributed by atoms with Crippen molar-refractivity contribution >= 4 is 38.8 Å². The number of nitrogens with zero attached hydrogens (tertiary/aromatic N) is 2. The van der Waals surface area contributed by atoms with E-state index in [0.717, 1.165) is 41.7 Å². The summed E-state index contributed by atoms with van der Waals surface area (Å²) in [6.07, 6.45) is 7.79. The van der Waals surface area contributed by atoms with Crippen molar-refractivity contribution in [2.45, 2.75) is 19.4 Å². The number of unbranched alkanes of at least 4 members (excludes halogenated alkanes) is 1. The van der Waals surface area contributed by atoms with E-state index >= 15 is 0 Å². The van der Waals surface area contributed by atoms with Crippen LogP contribution in [0.25, 0.3) is 0 Å². The van der Waals surface area contributed by atoms with E-state index in [0.29, 0.717) is 4.99 Å². The molecule has 0 fully saturated rings. The van der Waals surface area contributed by atoms with Gasteiger partial charge in [-0.2, -0.15) is 0 Å². The number of hydrogen-bond acceptors (Lipinski definition) is 3. The molecule has 0 atom stereocenters. The van der Waals surface area contributed by atoms with Crippen LogP contribution in [0.15, 0.2) is 41.4 Å². The van der Waals surface area contributed by atoms with Crippen LogP contribution in [0.4, 0.5) is 5.69 Å². The number of thiocarbonyl (C=S) groups is 1. The molecular formula is C14H17BrN4S. The number of aryl methyl sites for hydroxylation is 1. The molecule has 0 aliphatic carbocycles. The van der Waals surface area contributed by atoms with E-state index in [4.69, 9.17) is 18.0 Å². The van der Waals surface area contributed by atoms with Crippen LogP contribution < -0.4 is 11.1 Å². The van der Waals surface area contributed by atoms with Crippen LogP contribution in [0.1, 0.15) is 18.4 Å². The van der Waals surface area contributed by atoms with Crippen molar-refractivity contribution in [3.63, 3.8) is 0 Å². The van der Waals surface area contributed by atoms with Gasteiger partial charge >= 0.3 is 0 Å². The summed E-state index contributed by atoms with van der Waals surface area (Å²) in [5.74, 6) is 0. The fraction of sp³-hybridized carbons (Fsp3) is 0.286. The molecule has 1 aromatic carbocycles. The number of nitrogens with one attached hydrogen (secondary N) is 1. The molecule has 106 valence electrons. The van der Waals surface area contributed by atoms with Gasteiger partial charge in [0.2, 0.25) is 0 Å². The first-order valence-corrected chi connectivity index (χ1v) is 7.66. The predicted octanol–water partition coefficient (Wildman–Crippen LogP) is 3.17. The van der Waals surface area contributed by atoms with Crippen molar-refractivity contribution < 1.29 is 0 Å². The largest absolute Gasteiger partial charge is 0.389 e. The van der Waals surface area contributed by atoms with Crippen molar-refractivity contribution in [2.75, 3.05) is 11.9 Å². The predicted molar refractivity (Wildman–Crippen MR) is 90.0 cm³/mol. The molecule has 0 aliphatic rings. The fourth-order valence-electron chi connectivity index (χ4n) is 1.94. The minimum absolute atomic E-state index is 0.409. The zero-order valence-electron chi connectivity index (χ0n) is 11.1. The molecule has 3 N–H and O–H groups in total. The van der Waals surface area contributed by atoms with Gasteiger partial charge in [-0.3, -0.25) is 0 Å². The standard InChI is InChI=1S/C14H17BrN4S/c15-11-3-4-13(12(9-11)14(16)20)18-5-1-2-7-19-8-6-17-10-19/h3-4,6,8-10,18H,1-2,5,7H2,(H2,16,20). The zero-order chi connectivity index (χ0) is 14.4. The number of nitrogens with two attached hydrogens (primary N) is 1. The van der Waals surface area contributed by atoms with E-state index in [1.807, 2.05) is 30.7 Å². The number of benzene rings is 1. The van der Waals surface area contributed by atoms with Gasteiger partial charge in [0, 0.05) is 41.2 Å². The van der Waals surface area contributed by atoms with Crippen LogP contribution in [0.3, 0.4) is 0 Å². The maximum absolute atomic E-state index is 5.74. The number of imidazole rings is 1. The van der Waals surface area contributed by atoms with Crippen LogP contribution >= 0.6 is 28.1 Å². The molecule has 6 heteroatoms.